The maximum atomic E-state index is 11.8. The van der Waals surface area contributed by atoms with Gasteiger partial charge in [0.2, 0.25) is 0 Å². The van der Waals surface area contributed by atoms with Gasteiger partial charge in [0.1, 0.15) is 6.10 Å². The second kappa shape index (κ2) is 8.37. The van der Waals surface area contributed by atoms with Crippen molar-refractivity contribution >= 4 is 30.9 Å². The van der Waals surface area contributed by atoms with Crippen LogP contribution in [0.2, 0.25) is 58.9 Å². The monoisotopic (exact) mass is 382 g/mol. The minimum absolute atomic E-state index is 0.293. The van der Waals surface area contributed by atoms with Gasteiger partial charge in [-0.3, -0.25) is 0 Å². The molecule has 0 heterocycles. The number of aliphatic hydroxyl groups is 1. The summed E-state index contributed by atoms with van der Waals surface area (Å²) in [5, 5.41) is 19.4. The number of carbonyl (C=O) groups is 1. The Bertz CT molecular complexity index is 383. The highest BCUT2D eigenvalue weighted by Gasteiger charge is 2.42. The van der Waals surface area contributed by atoms with Crippen molar-refractivity contribution in [1.29, 1.82) is 0 Å². The predicted molar refractivity (Wildman–Crippen MR) is 99.4 cm³/mol. The third-order valence-electron chi connectivity index (χ3n) is 2.56. The normalized spacial score (nSPS) is 17.7. The Balaban J connectivity index is 5.65. The molecule has 0 saturated heterocycles. The van der Waals surface area contributed by atoms with E-state index in [2.05, 4.69) is 0 Å². The molecule has 6 nitrogen and oxygen atoms in total. The second-order valence-electron chi connectivity index (χ2n) is 8.64. The van der Waals surface area contributed by atoms with Crippen molar-refractivity contribution in [1.82, 2.24) is 0 Å². The number of aliphatic hydroxyl groups excluding tert-OH is 1. The molecule has 0 bridgehead atoms. The Kier molecular flexibility index (Phi) is 8.35. The summed E-state index contributed by atoms with van der Waals surface area (Å²) in [5.74, 6) is -1.08. The van der Waals surface area contributed by atoms with Gasteiger partial charge in [-0.1, -0.05) is 0 Å². The van der Waals surface area contributed by atoms with Crippen molar-refractivity contribution in [3.8, 4) is 0 Å². The lowest BCUT2D eigenvalue weighted by Crippen LogP contribution is -2.56. The van der Waals surface area contributed by atoms with Crippen LogP contribution >= 0.6 is 0 Å². The first-order valence-electron chi connectivity index (χ1n) is 7.93. The van der Waals surface area contributed by atoms with E-state index < -0.39 is 49.2 Å². The Morgan fingerprint density at radius 2 is 1.22 bits per heavy atom. The van der Waals surface area contributed by atoms with Gasteiger partial charge in [0.05, 0.1) is 12.7 Å². The van der Waals surface area contributed by atoms with Crippen LogP contribution in [-0.4, -0.2) is 66.1 Å². The van der Waals surface area contributed by atoms with Gasteiger partial charge in [-0.25, -0.2) is 4.79 Å². The Labute approximate surface area is 143 Å². The average Bonchev–Trinajstić information content (AvgIpc) is 2.26. The van der Waals surface area contributed by atoms with E-state index >= 15 is 0 Å². The van der Waals surface area contributed by atoms with Crippen molar-refractivity contribution < 1.29 is 28.3 Å². The Morgan fingerprint density at radius 3 is 1.48 bits per heavy atom. The highest BCUT2D eigenvalue weighted by molar-refractivity contribution is 6.70. The lowest BCUT2D eigenvalue weighted by Gasteiger charge is -2.39. The van der Waals surface area contributed by atoms with Gasteiger partial charge in [0.25, 0.3) is 0 Å². The van der Waals surface area contributed by atoms with Crippen LogP contribution in [0.25, 0.3) is 0 Å². The first-order chi connectivity index (χ1) is 10.1. The smallest absolute Gasteiger partial charge is 0.334 e. The van der Waals surface area contributed by atoms with Crippen molar-refractivity contribution in [2.45, 2.75) is 77.2 Å². The quantitative estimate of drug-likeness (QED) is 0.565. The van der Waals surface area contributed by atoms with Crippen LogP contribution in [0.15, 0.2) is 0 Å². The molecule has 0 rings (SSSR count). The number of rotatable bonds is 10. The fraction of sp³-hybridized carbons (Fsp3) is 0.929. The zero-order valence-electron chi connectivity index (χ0n) is 16.0. The summed E-state index contributed by atoms with van der Waals surface area (Å²) in [6.45, 7) is 17.4. The van der Waals surface area contributed by atoms with Crippen molar-refractivity contribution in [2.75, 3.05) is 6.61 Å². The molecule has 9 heteroatoms. The maximum absolute atomic E-state index is 11.8. The summed E-state index contributed by atoms with van der Waals surface area (Å²) in [4.78, 5) is 11.8. The highest BCUT2D eigenvalue weighted by Crippen LogP contribution is 2.23. The molecule has 23 heavy (non-hydrogen) atoms. The Morgan fingerprint density at radius 1 is 0.826 bits per heavy atom. The third-order valence-corrected chi connectivity index (χ3v) is 5.51. The summed E-state index contributed by atoms with van der Waals surface area (Å²) in [7, 11) is -6.15. The van der Waals surface area contributed by atoms with E-state index in [-0.39, 0.29) is 6.61 Å². The molecule has 138 valence electrons. The molecule has 0 saturated carbocycles. The topological polar surface area (TPSA) is 85.2 Å². The molecule has 0 aromatic carbocycles. The standard InChI is InChI=1S/C14H34O6Si3/c1-21(2,3)18-11(10-15)12(19-22(4,5)6)13(14(16)17)20-23(7,8)9/h11-13,15H,10H2,1-9H3,(H,16,17)/t11-,12-,13+/m1/s1. The molecule has 0 fully saturated rings. The number of aliphatic carboxylic acids is 1. The Hall–Kier alpha value is -0.0394. The van der Waals surface area contributed by atoms with Crippen LogP contribution in [0.5, 0.6) is 0 Å². The van der Waals surface area contributed by atoms with Crippen molar-refractivity contribution in [3.63, 3.8) is 0 Å². The fourth-order valence-corrected chi connectivity index (χ4v) is 5.25. The molecule has 0 spiro atoms. The number of carboxylic acid groups (broad SMARTS) is 1. The van der Waals surface area contributed by atoms with Crippen LogP contribution in [0.4, 0.5) is 0 Å². The summed E-state index contributed by atoms with van der Waals surface area (Å²) in [6.07, 6.45) is -2.66. The fourth-order valence-electron chi connectivity index (χ4n) is 2.04. The molecule has 0 aromatic heterocycles. The number of hydrogen-bond acceptors (Lipinski definition) is 5. The first-order valence-corrected chi connectivity index (χ1v) is 18.2. The number of hydrogen-bond donors (Lipinski definition) is 2. The van der Waals surface area contributed by atoms with Crippen LogP contribution in [0.1, 0.15) is 0 Å². The minimum Gasteiger partial charge on any atom is -0.479 e. The molecule has 0 unspecified atom stereocenters. The van der Waals surface area contributed by atoms with E-state index in [0.717, 1.165) is 0 Å². The van der Waals surface area contributed by atoms with Gasteiger partial charge in [-0.05, 0) is 58.9 Å². The van der Waals surface area contributed by atoms with E-state index in [0.29, 0.717) is 0 Å². The molecule has 0 aliphatic rings. The molecule has 2 N–H and O–H groups in total. The molecule has 0 radical (unpaired) electrons. The summed E-state index contributed by atoms with van der Waals surface area (Å²) in [6, 6.07) is 0. The van der Waals surface area contributed by atoms with E-state index in [4.69, 9.17) is 13.3 Å². The van der Waals surface area contributed by atoms with E-state index in [9.17, 15) is 15.0 Å². The molecule has 0 aromatic rings. The van der Waals surface area contributed by atoms with Gasteiger partial charge in [0, 0.05) is 0 Å². The second-order valence-corrected chi connectivity index (χ2v) is 22.0. The minimum atomic E-state index is -2.11. The van der Waals surface area contributed by atoms with E-state index in [1.165, 1.54) is 0 Å². The van der Waals surface area contributed by atoms with Gasteiger partial charge in [0.15, 0.2) is 31.1 Å². The summed E-state index contributed by atoms with van der Waals surface area (Å²) < 4.78 is 18.0. The highest BCUT2D eigenvalue weighted by atomic mass is 28.4. The molecule has 0 aliphatic carbocycles. The molecule has 3 atom stereocenters. The lowest BCUT2D eigenvalue weighted by molar-refractivity contribution is -0.155. The van der Waals surface area contributed by atoms with E-state index in [1.54, 1.807) is 0 Å². The van der Waals surface area contributed by atoms with Gasteiger partial charge in [-0.15, -0.1) is 0 Å². The zero-order chi connectivity index (χ0) is 18.6. The number of carboxylic acids is 1. The summed E-state index contributed by atoms with van der Waals surface area (Å²) in [5.41, 5.74) is 0. The van der Waals surface area contributed by atoms with Crippen molar-refractivity contribution in [3.05, 3.63) is 0 Å². The molecular weight excluding hydrogens is 348 g/mol. The van der Waals surface area contributed by atoms with E-state index in [1.807, 2.05) is 58.9 Å². The molecule has 0 amide bonds. The predicted octanol–water partition coefficient (Wildman–Crippen LogP) is 2.72. The van der Waals surface area contributed by atoms with Crippen LogP contribution in [-0.2, 0) is 18.1 Å². The van der Waals surface area contributed by atoms with Gasteiger partial charge in [-0.2, -0.15) is 0 Å². The molecule has 0 aliphatic heterocycles. The van der Waals surface area contributed by atoms with Crippen LogP contribution in [0.3, 0.4) is 0 Å². The van der Waals surface area contributed by atoms with Crippen molar-refractivity contribution in [2.24, 2.45) is 0 Å². The van der Waals surface area contributed by atoms with Crippen LogP contribution < -0.4 is 0 Å². The zero-order valence-corrected chi connectivity index (χ0v) is 19.0. The van der Waals surface area contributed by atoms with Gasteiger partial charge < -0.3 is 23.5 Å². The lowest BCUT2D eigenvalue weighted by atomic mass is 10.1. The average molecular weight is 383 g/mol. The first kappa shape index (κ1) is 23.0. The third kappa shape index (κ3) is 10.4. The SMILES string of the molecule is C[Si](C)(C)O[C@@H]([C@H](O[Si](C)(C)C)C(=O)O)[C@@H](CO)O[Si](C)(C)C. The molecular formula is C14H34O6Si3. The maximum Gasteiger partial charge on any atom is 0.334 e. The van der Waals surface area contributed by atoms with Gasteiger partial charge >= 0.3 is 5.97 Å². The van der Waals surface area contributed by atoms with Crippen LogP contribution in [0, 0.1) is 0 Å². The largest absolute Gasteiger partial charge is 0.479 e. The summed E-state index contributed by atoms with van der Waals surface area (Å²) >= 11 is 0.